The van der Waals surface area contributed by atoms with Crippen LogP contribution in [0.15, 0.2) is 66.2 Å². The Morgan fingerprint density at radius 2 is 1.75 bits per heavy atom. The van der Waals surface area contributed by atoms with E-state index in [2.05, 4.69) is 26.3 Å². The summed E-state index contributed by atoms with van der Waals surface area (Å²) in [7, 11) is -6.54. The van der Waals surface area contributed by atoms with Crippen molar-refractivity contribution in [3.8, 4) is 11.6 Å². The van der Waals surface area contributed by atoms with E-state index < -0.39 is 83.7 Å². The molecule has 1 saturated heterocycles. The fraction of sp³-hybridized carbons (Fsp3) is 0.512. The van der Waals surface area contributed by atoms with E-state index in [0.29, 0.717) is 40.8 Å². The number of carbonyl (C=O) groups is 3. The van der Waals surface area contributed by atoms with Gasteiger partial charge in [-0.05, 0) is 88.8 Å². The number of halogens is 1. The molecule has 0 radical (unpaired) electrons. The predicted octanol–water partition coefficient (Wildman–Crippen LogP) is 5.84. The van der Waals surface area contributed by atoms with Crippen LogP contribution in [0.5, 0.6) is 11.6 Å². The molecule has 2 aromatic carbocycles. The van der Waals surface area contributed by atoms with Crippen molar-refractivity contribution in [2.45, 2.75) is 114 Å². The Bertz CT molecular complexity index is 2400. The molecule has 2 aliphatic carbocycles. The van der Waals surface area contributed by atoms with E-state index >= 15 is 9.59 Å². The highest BCUT2D eigenvalue weighted by atomic mass is 35.5. The smallest absolute Gasteiger partial charge is 0.328 e. The number of hydrogen-bond acceptors (Lipinski definition) is 11. The van der Waals surface area contributed by atoms with Crippen molar-refractivity contribution >= 4 is 66.0 Å². The van der Waals surface area contributed by atoms with Gasteiger partial charge in [0.2, 0.25) is 25.9 Å². The summed E-state index contributed by atoms with van der Waals surface area (Å²) in [5.41, 5.74) is -3.40. The molecule has 1 aromatic heterocycles. The fourth-order valence-corrected chi connectivity index (χ4v) is 10.5. The first kappa shape index (κ1) is 44.1. The molecule has 320 valence electrons. The average molecular weight is 873 g/mol. The minimum Gasteiger partial charge on any atom is -0.494 e. The number of anilines is 1. The van der Waals surface area contributed by atoms with E-state index in [1.54, 1.807) is 72.7 Å². The van der Waals surface area contributed by atoms with Crippen LogP contribution in [0.3, 0.4) is 0 Å². The number of carbonyl (C=O) groups excluding carboxylic acids is 3. The molecule has 6 rings (SSSR count). The number of amides is 4. The van der Waals surface area contributed by atoms with Gasteiger partial charge in [0.15, 0.2) is 0 Å². The zero-order valence-electron chi connectivity index (χ0n) is 34.5. The summed E-state index contributed by atoms with van der Waals surface area (Å²) in [5, 5.41) is 4.18. The molecule has 2 heterocycles. The van der Waals surface area contributed by atoms with Gasteiger partial charge in [-0.25, -0.2) is 36.2 Å². The highest BCUT2D eigenvalue weighted by Gasteiger charge is 2.68. The minimum absolute atomic E-state index is 0.00926. The molecular weight excluding hydrogens is 820 g/mol. The maximum absolute atomic E-state index is 15.3. The summed E-state index contributed by atoms with van der Waals surface area (Å²) in [5.74, 6) is -1.82. The number of ether oxygens (including phenoxy) is 2. The Hall–Kier alpha value is -4.45. The quantitative estimate of drug-likeness (QED) is 0.175. The van der Waals surface area contributed by atoms with E-state index in [9.17, 15) is 21.6 Å². The van der Waals surface area contributed by atoms with Crippen molar-refractivity contribution in [3.05, 3.63) is 66.3 Å². The van der Waals surface area contributed by atoms with Crippen molar-refractivity contribution in [2.24, 2.45) is 11.3 Å². The van der Waals surface area contributed by atoms with E-state index in [4.69, 9.17) is 21.1 Å². The van der Waals surface area contributed by atoms with Crippen LogP contribution in [0, 0.1) is 11.3 Å². The molecule has 3 aliphatic rings. The molecule has 4 amide bonds. The fourth-order valence-electron chi connectivity index (χ4n) is 7.52. The summed E-state index contributed by atoms with van der Waals surface area (Å²) >= 11 is 6.35. The molecule has 3 fully saturated rings. The number of hydrogen-bond donors (Lipinski definition) is 3. The number of pyridine rings is 1. The highest BCUT2D eigenvalue weighted by Crippen LogP contribution is 2.52. The lowest BCUT2D eigenvalue weighted by Gasteiger charge is -2.40. The van der Waals surface area contributed by atoms with Gasteiger partial charge >= 0.3 is 6.03 Å². The molecule has 15 nitrogen and oxygen atoms in total. The van der Waals surface area contributed by atoms with Crippen LogP contribution in [0.1, 0.15) is 74.1 Å². The highest BCUT2D eigenvalue weighted by molar-refractivity contribution is 7.91. The molecule has 1 aliphatic heterocycles. The summed E-state index contributed by atoms with van der Waals surface area (Å²) in [6.45, 7) is 16.1. The van der Waals surface area contributed by atoms with Gasteiger partial charge in [-0.2, -0.15) is 0 Å². The van der Waals surface area contributed by atoms with Crippen molar-refractivity contribution < 1.29 is 40.7 Å². The Kier molecular flexibility index (Phi) is 11.9. The first-order valence-electron chi connectivity index (χ1n) is 19.4. The first-order valence-corrected chi connectivity index (χ1v) is 22.9. The molecule has 3 N–H and O–H groups in total. The number of nitrogens with one attached hydrogen (secondary N) is 3. The number of methoxy groups -OCH3 is 1. The molecule has 5 atom stereocenters. The van der Waals surface area contributed by atoms with E-state index in [1.807, 2.05) is 0 Å². The Balaban J connectivity index is 1.38. The molecule has 0 spiro atoms. The van der Waals surface area contributed by atoms with Gasteiger partial charge in [0, 0.05) is 45.4 Å². The topological polar surface area (TPSA) is 193 Å². The van der Waals surface area contributed by atoms with Crippen molar-refractivity contribution in [1.82, 2.24) is 24.2 Å². The molecule has 3 aromatic rings. The number of benzene rings is 2. The third-order valence-electron chi connectivity index (χ3n) is 10.7. The van der Waals surface area contributed by atoms with Crippen LogP contribution >= 0.6 is 11.6 Å². The van der Waals surface area contributed by atoms with Gasteiger partial charge in [0.1, 0.15) is 23.4 Å². The van der Waals surface area contributed by atoms with Gasteiger partial charge in [0.25, 0.3) is 11.8 Å². The summed E-state index contributed by atoms with van der Waals surface area (Å²) < 4.78 is 69.7. The number of sulfonamides is 2. The van der Waals surface area contributed by atoms with Crippen LogP contribution in [0.25, 0.3) is 10.8 Å². The molecule has 2 saturated carbocycles. The Morgan fingerprint density at radius 1 is 1.05 bits per heavy atom. The van der Waals surface area contributed by atoms with Crippen LogP contribution in [-0.4, -0.2) is 97.6 Å². The number of urea groups is 1. The third-order valence-corrected chi connectivity index (χ3v) is 14.5. The summed E-state index contributed by atoms with van der Waals surface area (Å²) in [6, 6.07) is 8.58. The SMILES string of the molecule is C=C[C@@H]1C[C@@]1(C(=O)NS(=O)(=O)C1CC1)N(C(=O)[C@@H](Nc1cccc(S(=O)(=O)NC(C)(C)C)c1)C(C)(C)C)C(=O)N1C[C@H](Oc2ncc(OC)c3ccc(Cl)cc23)CC1C. The molecule has 18 heteroatoms. The van der Waals surface area contributed by atoms with Gasteiger partial charge in [0.05, 0.1) is 30.0 Å². The number of aromatic nitrogens is 1. The maximum Gasteiger partial charge on any atom is 0.328 e. The van der Waals surface area contributed by atoms with E-state index in [-0.39, 0.29) is 29.4 Å². The Morgan fingerprint density at radius 3 is 2.34 bits per heavy atom. The molecular formula is C41H53ClN6O9S2. The van der Waals surface area contributed by atoms with Crippen LogP contribution < -0.4 is 24.2 Å². The maximum atomic E-state index is 15.3. The monoisotopic (exact) mass is 872 g/mol. The van der Waals surface area contributed by atoms with Crippen LogP contribution in [0.2, 0.25) is 5.02 Å². The number of likely N-dealkylation sites (tertiary alicyclic amines) is 1. The minimum atomic E-state index is -4.09. The normalized spacial score (nSPS) is 22.7. The first-order chi connectivity index (χ1) is 27.4. The predicted molar refractivity (Wildman–Crippen MR) is 225 cm³/mol. The van der Waals surface area contributed by atoms with Crippen LogP contribution in [-0.2, 0) is 29.6 Å². The second kappa shape index (κ2) is 15.9. The van der Waals surface area contributed by atoms with Crippen molar-refractivity contribution in [2.75, 3.05) is 19.0 Å². The second-order valence-electron chi connectivity index (χ2n) is 17.7. The summed E-state index contributed by atoms with van der Waals surface area (Å²) in [4.78, 5) is 51.5. The average Bonchev–Trinajstić information content (AvgIpc) is 4.07. The lowest BCUT2D eigenvalue weighted by Crippen LogP contribution is -2.64. The van der Waals surface area contributed by atoms with E-state index in [1.165, 1.54) is 42.5 Å². The van der Waals surface area contributed by atoms with Gasteiger partial charge in [-0.3, -0.25) is 14.3 Å². The van der Waals surface area contributed by atoms with Gasteiger partial charge in [-0.1, -0.05) is 44.5 Å². The molecule has 59 heavy (non-hydrogen) atoms. The Labute approximate surface area is 351 Å². The second-order valence-corrected chi connectivity index (χ2v) is 21.8. The van der Waals surface area contributed by atoms with Gasteiger partial charge < -0.3 is 19.7 Å². The van der Waals surface area contributed by atoms with Gasteiger partial charge in [-0.15, -0.1) is 6.58 Å². The number of imide groups is 1. The molecule has 0 bridgehead atoms. The molecule has 1 unspecified atom stereocenters. The van der Waals surface area contributed by atoms with Crippen LogP contribution in [0.4, 0.5) is 10.5 Å². The standard InChI is InChI=1S/C41H53ClN6O9S2/c1-10-25-21-41(25,37(50)45-58(52,53)29-15-16-29)48(36(49)34(39(3,4)5)44-27-12-11-13-30(20-27)59(54,55)46-40(6,7)8)38(51)47-23-28(18-24(47)2)57-35-32-19-26(42)14-17-31(32)33(56-9)22-43-35/h10-14,17,19-20,22,24-25,28-29,34,44,46H,1,15-16,18,21,23H2,2-9H3,(H,45,50)/t24?,25-,28-,34-,41-/m1/s1. The number of rotatable bonds is 13. The summed E-state index contributed by atoms with van der Waals surface area (Å²) in [6.07, 6.45) is 3.40. The lowest BCUT2D eigenvalue weighted by molar-refractivity contribution is -0.141. The van der Waals surface area contributed by atoms with Crippen molar-refractivity contribution in [3.63, 3.8) is 0 Å². The third kappa shape index (κ3) is 9.17. The lowest BCUT2D eigenvalue weighted by atomic mass is 9.85. The van der Waals surface area contributed by atoms with Crippen molar-refractivity contribution in [1.29, 1.82) is 0 Å². The zero-order chi connectivity index (χ0) is 43.5. The number of fused-ring (bicyclic) bond motifs is 1. The largest absolute Gasteiger partial charge is 0.494 e. The zero-order valence-corrected chi connectivity index (χ0v) is 36.9. The number of nitrogens with zero attached hydrogens (tertiary/aromatic N) is 3. The van der Waals surface area contributed by atoms with E-state index in [0.717, 1.165) is 4.90 Å².